The van der Waals surface area contributed by atoms with Crippen LogP contribution in [0, 0.1) is 5.92 Å². The van der Waals surface area contributed by atoms with Crippen molar-refractivity contribution < 1.29 is 4.74 Å². The number of hydrogen-bond acceptors (Lipinski definition) is 3. The molecule has 1 aromatic carbocycles. The standard InChI is InChI=1S/C17H26N2O/c1-3-15-6-7-16(12-17(15)20-2)19-10-8-18(9-11-19)13-14-4-5-14/h6-7,12,14H,3-5,8-11,13H2,1-2H3. The maximum absolute atomic E-state index is 5.51. The minimum absolute atomic E-state index is 1.01. The van der Waals surface area contributed by atoms with Crippen LogP contribution < -0.4 is 9.64 Å². The van der Waals surface area contributed by atoms with Gasteiger partial charge in [-0.3, -0.25) is 4.90 Å². The van der Waals surface area contributed by atoms with Crippen LogP contribution >= 0.6 is 0 Å². The van der Waals surface area contributed by atoms with Gasteiger partial charge in [-0.1, -0.05) is 13.0 Å². The average molecular weight is 274 g/mol. The first-order chi connectivity index (χ1) is 9.80. The second-order valence-electron chi connectivity index (χ2n) is 6.08. The van der Waals surface area contributed by atoms with Gasteiger partial charge in [0, 0.05) is 44.5 Å². The van der Waals surface area contributed by atoms with Crippen molar-refractivity contribution in [3.63, 3.8) is 0 Å². The van der Waals surface area contributed by atoms with Gasteiger partial charge in [0.2, 0.25) is 0 Å². The molecule has 20 heavy (non-hydrogen) atoms. The smallest absolute Gasteiger partial charge is 0.124 e. The lowest BCUT2D eigenvalue weighted by Crippen LogP contribution is -2.47. The number of aryl methyl sites for hydroxylation is 1. The van der Waals surface area contributed by atoms with E-state index < -0.39 is 0 Å². The minimum Gasteiger partial charge on any atom is -0.496 e. The lowest BCUT2D eigenvalue weighted by atomic mass is 10.1. The van der Waals surface area contributed by atoms with Crippen molar-refractivity contribution in [1.82, 2.24) is 4.90 Å². The fourth-order valence-electron chi connectivity index (χ4n) is 3.08. The summed E-state index contributed by atoms with van der Waals surface area (Å²) in [6, 6.07) is 6.66. The highest BCUT2D eigenvalue weighted by Crippen LogP contribution is 2.31. The molecule has 0 atom stereocenters. The van der Waals surface area contributed by atoms with E-state index in [1.165, 1.54) is 43.7 Å². The fourth-order valence-corrected chi connectivity index (χ4v) is 3.08. The Morgan fingerprint density at radius 1 is 1.15 bits per heavy atom. The van der Waals surface area contributed by atoms with Gasteiger partial charge in [-0.2, -0.15) is 0 Å². The Balaban J connectivity index is 1.61. The Hall–Kier alpha value is -1.22. The van der Waals surface area contributed by atoms with Crippen molar-refractivity contribution in [3.8, 4) is 5.75 Å². The van der Waals surface area contributed by atoms with Crippen LogP contribution in [0.4, 0.5) is 5.69 Å². The fraction of sp³-hybridized carbons (Fsp3) is 0.647. The van der Waals surface area contributed by atoms with Gasteiger partial charge in [0.05, 0.1) is 7.11 Å². The molecule has 3 heteroatoms. The summed E-state index contributed by atoms with van der Waals surface area (Å²) in [7, 11) is 1.77. The van der Waals surface area contributed by atoms with Gasteiger partial charge in [-0.05, 0) is 36.8 Å². The molecule has 1 saturated carbocycles. The number of benzene rings is 1. The van der Waals surface area contributed by atoms with Gasteiger partial charge < -0.3 is 9.64 Å². The van der Waals surface area contributed by atoms with Crippen molar-refractivity contribution >= 4 is 5.69 Å². The Morgan fingerprint density at radius 2 is 1.90 bits per heavy atom. The van der Waals surface area contributed by atoms with E-state index in [0.717, 1.165) is 31.2 Å². The third-order valence-corrected chi connectivity index (χ3v) is 4.60. The largest absolute Gasteiger partial charge is 0.496 e. The average Bonchev–Trinajstić information content (AvgIpc) is 3.31. The van der Waals surface area contributed by atoms with Crippen molar-refractivity contribution in [3.05, 3.63) is 23.8 Å². The summed E-state index contributed by atoms with van der Waals surface area (Å²) in [5.74, 6) is 2.04. The third-order valence-electron chi connectivity index (χ3n) is 4.60. The highest BCUT2D eigenvalue weighted by molar-refractivity contribution is 5.54. The monoisotopic (exact) mass is 274 g/mol. The first-order valence-corrected chi connectivity index (χ1v) is 7.94. The molecule has 2 aliphatic rings. The van der Waals surface area contributed by atoms with Gasteiger partial charge >= 0.3 is 0 Å². The number of piperazine rings is 1. The van der Waals surface area contributed by atoms with Gasteiger partial charge in [-0.25, -0.2) is 0 Å². The zero-order chi connectivity index (χ0) is 13.9. The van der Waals surface area contributed by atoms with Crippen LogP contribution in [0.2, 0.25) is 0 Å². The van der Waals surface area contributed by atoms with E-state index in [4.69, 9.17) is 4.74 Å². The minimum atomic E-state index is 1.01. The predicted octanol–water partition coefficient (Wildman–Crippen LogP) is 2.79. The highest BCUT2D eigenvalue weighted by atomic mass is 16.5. The Morgan fingerprint density at radius 3 is 2.50 bits per heavy atom. The van der Waals surface area contributed by atoms with E-state index in [2.05, 4.69) is 34.9 Å². The molecule has 0 aromatic heterocycles. The second kappa shape index (κ2) is 6.04. The number of hydrogen-bond donors (Lipinski definition) is 0. The quantitative estimate of drug-likeness (QED) is 0.821. The van der Waals surface area contributed by atoms with Crippen LogP contribution in [-0.4, -0.2) is 44.7 Å². The molecule has 1 saturated heterocycles. The highest BCUT2D eigenvalue weighted by Gasteiger charge is 2.26. The predicted molar refractivity (Wildman–Crippen MR) is 83.7 cm³/mol. The Bertz CT molecular complexity index is 448. The van der Waals surface area contributed by atoms with Crippen LogP contribution in [0.5, 0.6) is 5.75 Å². The van der Waals surface area contributed by atoms with E-state index in [0.29, 0.717) is 0 Å². The Kier molecular flexibility index (Phi) is 4.16. The van der Waals surface area contributed by atoms with E-state index in [-0.39, 0.29) is 0 Å². The summed E-state index contributed by atoms with van der Waals surface area (Å²) in [5.41, 5.74) is 2.61. The Labute approximate surface area is 122 Å². The molecule has 1 heterocycles. The first kappa shape index (κ1) is 13.7. The maximum Gasteiger partial charge on any atom is 0.124 e. The van der Waals surface area contributed by atoms with Crippen LogP contribution in [0.3, 0.4) is 0 Å². The molecule has 1 aliphatic carbocycles. The number of rotatable bonds is 5. The van der Waals surface area contributed by atoms with Crippen molar-refractivity contribution in [2.75, 3.05) is 44.7 Å². The van der Waals surface area contributed by atoms with Crippen molar-refractivity contribution in [2.24, 2.45) is 5.92 Å². The lowest BCUT2D eigenvalue weighted by molar-refractivity contribution is 0.248. The summed E-state index contributed by atoms with van der Waals surface area (Å²) >= 11 is 0. The molecular weight excluding hydrogens is 248 g/mol. The van der Waals surface area contributed by atoms with E-state index >= 15 is 0 Å². The first-order valence-electron chi connectivity index (χ1n) is 7.94. The SMILES string of the molecule is CCc1ccc(N2CCN(CC3CC3)CC2)cc1OC. The molecule has 0 bridgehead atoms. The van der Waals surface area contributed by atoms with Gasteiger partial charge in [0.1, 0.15) is 5.75 Å². The van der Waals surface area contributed by atoms with Crippen LogP contribution in [-0.2, 0) is 6.42 Å². The van der Waals surface area contributed by atoms with Gasteiger partial charge in [-0.15, -0.1) is 0 Å². The van der Waals surface area contributed by atoms with Gasteiger partial charge in [0.15, 0.2) is 0 Å². The van der Waals surface area contributed by atoms with Gasteiger partial charge in [0.25, 0.3) is 0 Å². The second-order valence-corrected chi connectivity index (χ2v) is 6.08. The molecule has 3 rings (SSSR count). The maximum atomic E-state index is 5.51. The topological polar surface area (TPSA) is 15.7 Å². The number of nitrogens with zero attached hydrogens (tertiary/aromatic N) is 2. The summed E-state index contributed by atoms with van der Waals surface area (Å²) in [6.45, 7) is 8.19. The third kappa shape index (κ3) is 3.09. The molecule has 0 N–H and O–H groups in total. The van der Waals surface area contributed by atoms with E-state index in [1.807, 2.05) is 0 Å². The van der Waals surface area contributed by atoms with E-state index in [9.17, 15) is 0 Å². The molecule has 0 amide bonds. The van der Waals surface area contributed by atoms with Crippen LogP contribution in [0.1, 0.15) is 25.3 Å². The number of anilines is 1. The van der Waals surface area contributed by atoms with Crippen LogP contribution in [0.15, 0.2) is 18.2 Å². The molecule has 1 aliphatic heterocycles. The zero-order valence-corrected chi connectivity index (χ0v) is 12.8. The zero-order valence-electron chi connectivity index (χ0n) is 12.8. The molecular formula is C17H26N2O. The van der Waals surface area contributed by atoms with Crippen molar-refractivity contribution in [1.29, 1.82) is 0 Å². The molecule has 0 radical (unpaired) electrons. The summed E-state index contributed by atoms with van der Waals surface area (Å²) < 4.78 is 5.51. The molecule has 110 valence electrons. The molecule has 2 fully saturated rings. The summed E-state index contributed by atoms with van der Waals surface area (Å²) in [6.07, 6.45) is 3.93. The molecule has 0 unspecified atom stereocenters. The molecule has 0 spiro atoms. The van der Waals surface area contributed by atoms with Crippen LogP contribution in [0.25, 0.3) is 0 Å². The summed E-state index contributed by atoms with van der Waals surface area (Å²) in [5, 5.41) is 0. The van der Waals surface area contributed by atoms with Crippen molar-refractivity contribution in [2.45, 2.75) is 26.2 Å². The normalized spacial score (nSPS) is 20.2. The molecule has 3 nitrogen and oxygen atoms in total. The molecule has 1 aromatic rings. The number of ether oxygens (including phenoxy) is 1. The lowest BCUT2D eigenvalue weighted by Gasteiger charge is -2.36. The summed E-state index contributed by atoms with van der Waals surface area (Å²) in [4.78, 5) is 5.12. The van der Waals surface area contributed by atoms with E-state index in [1.54, 1.807) is 7.11 Å². The number of methoxy groups -OCH3 is 1.